The summed E-state index contributed by atoms with van der Waals surface area (Å²) in [6.07, 6.45) is 0. The zero-order valence-electron chi connectivity index (χ0n) is 26.2. The fraction of sp³-hybridized carbons (Fsp3) is 0.0213. The molecule has 9 aromatic carbocycles. The van der Waals surface area contributed by atoms with Gasteiger partial charge in [-0.25, -0.2) is 0 Å². The Kier molecular flexibility index (Phi) is 6.47. The maximum absolute atomic E-state index is 2.36. The normalized spacial score (nSPS) is 11.5. The zero-order valence-corrected chi connectivity index (χ0v) is 26.2. The first kappa shape index (κ1) is 27.3. The van der Waals surface area contributed by atoms with Gasteiger partial charge in [0, 0.05) is 0 Å². The second-order valence-corrected chi connectivity index (χ2v) is 12.4. The topological polar surface area (TPSA) is 0 Å². The molecule has 0 heterocycles. The van der Waals surface area contributed by atoms with Crippen molar-refractivity contribution in [2.75, 3.05) is 0 Å². The molecule has 0 nitrogen and oxygen atoms in total. The molecule has 0 unspecified atom stereocenters. The lowest BCUT2D eigenvalue weighted by Crippen LogP contribution is -2.02. The van der Waals surface area contributed by atoms with E-state index < -0.39 is 0 Å². The quantitative estimate of drug-likeness (QED) is 0.173. The predicted octanol–water partition coefficient (Wildman–Crippen LogP) is 13.2. The Morgan fingerprint density at radius 3 is 1.17 bits per heavy atom. The van der Waals surface area contributed by atoms with E-state index in [0.29, 0.717) is 0 Å². The van der Waals surface area contributed by atoms with Gasteiger partial charge in [-0.05, 0) is 100 Å². The van der Waals surface area contributed by atoms with Crippen molar-refractivity contribution < 1.29 is 0 Å². The highest BCUT2D eigenvalue weighted by atomic mass is 14.3. The van der Waals surface area contributed by atoms with Gasteiger partial charge in [0.25, 0.3) is 0 Å². The molecule has 0 heteroatoms. The monoisotopic (exact) mass is 596 g/mol. The van der Waals surface area contributed by atoms with Crippen molar-refractivity contribution in [1.82, 2.24) is 0 Å². The van der Waals surface area contributed by atoms with Gasteiger partial charge in [0.15, 0.2) is 0 Å². The van der Waals surface area contributed by atoms with Crippen LogP contribution in [0.4, 0.5) is 0 Å². The third-order valence-corrected chi connectivity index (χ3v) is 9.80. The predicted molar refractivity (Wildman–Crippen MR) is 202 cm³/mol. The Balaban J connectivity index is 1.54. The number of hydrogen-bond donors (Lipinski definition) is 0. The largest absolute Gasteiger partial charge is 0.0622 e. The lowest BCUT2D eigenvalue weighted by molar-refractivity contribution is 1.44. The molecule has 0 atom stereocenters. The van der Waals surface area contributed by atoms with Crippen LogP contribution in [0.2, 0.25) is 0 Å². The van der Waals surface area contributed by atoms with Crippen molar-refractivity contribution >= 4 is 32.3 Å². The molecule has 0 aliphatic heterocycles. The molecule has 47 heavy (non-hydrogen) atoms. The van der Waals surface area contributed by atoms with Gasteiger partial charge in [0.1, 0.15) is 0 Å². The lowest BCUT2D eigenvalue weighted by atomic mass is 9.75. The van der Waals surface area contributed by atoms with Crippen LogP contribution in [0.5, 0.6) is 0 Å². The number of hydrogen-bond acceptors (Lipinski definition) is 0. The summed E-state index contributed by atoms with van der Waals surface area (Å²) >= 11 is 0. The molecule has 0 saturated carbocycles. The second kappa shape index (κ2) is 11.1. The van der Waals surface area contributed by atoms with Crippen LogP contribution in [-0.2, 0) is 0 Å². The number of rotatable bonds is 5. The van der Waals surface area contributed by atoms with Crippen molar-refractivity contribution in [3.8, 4) is 55.6 Å². The van der Waals surface area contributed by atoms with Gasteiger partial charge in [-0.1, -0.05) is 176 Å². The van der Waals surface area contributed by atoms with Crippen LogP contribution in [0.15, 0.2) is 176 Å². The standard InChI is InChI=1S/C47H32/c1-31-41(32-15-6-2-7-16-32)45(33-17-8-3-9-18-33)47(35-21-12-5-13-22-35)46(34-19-10-4-11-20-34)42(31)39-29-28-38-26-25-36-23-14-24-37-27-30-40(39)44(38)43(36)37/h2-30H,1H3. The molecule has 0 amide bonds. The first-order chi connectivity index (χ1) is 23.3. The van der Waals surface area contributed by atoms with Crippen molar-refractivity contribution in [3.05, 3.63) is 181 Å². The van der Waals surface area contributed by atoms with E-state index in [4.69, 9.17) is 0 Å². The molecule has 0 bridgehead atoms. The summed E-state index contributed by atoms with van der Waals surface area (Å²) in [5, 5.41) is 7.82. The van der Waals surface area contributed by atoms with Gasteiger partial charge in [-0.2, -0.15) is 0 Å². The van der Waals surface area contributed by atoms with Crippen LogP contribution in [-0.4, -0.2) is 0 Å². The Bertz CT molecular complexity index is 2510. The smallest absolute Gasteiger partial charge is 0.00141 e. The Labute approximate surface area is 275 Å². The van der Waals surface area contributed by atoms with E-state index in [-0.39, 0.29) is 0 Å². The molecule has 9 rings (SSSR count). The SMILES string of the molecule is Cc1c(-c2ccccc2)c(-c2ccccc2)c(-c2ccccc2)c(-c2ccccc2)c1-c1ccc2ccc3cccc4ccc1c2c34. The maximum Gasteiger partial charge on any atom is -0.00141 e. The molecule has 0 saturated heterocycles. The molecule has 9 aromatic rings. The highest BCUT2D eigenvalue weighted by Crippen LogP contribution is 2.54. The molecule has 0 aliphatic carbocycles. The van der Waals surface area contributed by atoms with Crippen molar-refractivity contribution in [1.29, 1.82) is 0 Å². The Hall–Kier alpha value is -5.98. The van der Waals surface area contributed by atoms with Crippen LogP contribution >= 0.6 is 0 Å². The minimum absolute atomic E-state index is 1.21. The van der Waals surface area contributed by atoms with Crippen molar-refractivity contribution in [3.63, 3.8) is 0 Å². The summed E-state index contributed by atoms with van der Waals surface area (Å²) < 4.78 is 0. The van der Waals surface area contributed by atoms with Crippen LogP contribution in [0.25, 0.3) is 88.0 Å². The van der Waals surface area contributed by atoms with Crippen LogP contribution in [0, 0.1) is 6.92 Å². The first-order valence-corrected chi connectivity index (χ1v) is 16.4. The van der Waals surface area contributed by atoms with E-state index in [2.05, 4.69) is 183 Å². The molecule has 0 fully saturated rings. The van der Waals surface area contributed by atoms with E-state index in [1.807, 2.05) is 0 Å². The number of benzene rings is 9. The molecule has 0 N–H and O–H groups in total. The maximum atomic E-state index is 2.36. The zero-order chi connectivity index (χ0) is 31.3. The van der Waals surface area contributed by atoms with Gasteiger partial charge >= 0.3 is 0 Å². The molecule has 0 radical (unpaired) electrons. The summed E-state index contributed by atoms with van der Waals surface area (Å²) in [5.74, 6) is 0. The van der Waals surface area contributed by atoms with Crippen LogP contribution in [0.1, 0.15) is 5.56 Å². The Morgan fingerprint density at radius 2 is 0.660 bits per heavy atom. The van der Waals surface area contributed by atoms with E-state index >= 15 is 0 Å². The third kappa shape index (κ3) is 4.37. The summed E-state index contributed by atoms with van der Waals surface area (Å²) in [7, 11) is 0. The van der Waals surface area contributed by atoms with Crippen LogP contribution < -0.4 is 0 Å². The highest BCUT2D eigenvalue weighted by molar-refractivity contribution is 6.26. The van der Waals surface area contributed by atoms with Crippen LogP contribution in [0.3, 0.4) is 0 Å². The van der Waals surface area contributed by atoms with Gasteiger partial charge in [-0.3, -0.25) is 0 Å². The van der Waals surface area contributed by atoms with Crippen molar-refractivity contribution in [2.45, 2.75) is 6.92 Å². The minimum Gasteiger partial charge on any atom is -0.0622 e. The Morgan fingerprint density at radius 1 is 0.277 bits per heavy atom. The van der Waals surface area contributed by atoms with E-state index in [1.54, 1.807) is 0 Å². The average Bonchev–Trinajstić information content (AvgIpc) is 3.15. The fourth-order valence-electron chi connectivity index (χ4n) is 7.81. The van der Waals surface area contributed by atoms with E-state index in [0.717, 1.165) is 0 Å². The molecule has 220 valence electrons. The minimum atomic E-state index is 1.21. The first-order valence-electron chi connectivity index (χ1n) is 16.4. The van der Waals surface area contributed by atoms with Gasteiger partial charge in [-0.15, -0.1) is 0 Å². The summed E-state index contributed by atoms with van der Waals surface area (Å²) in [4.78, 5) is 0. The molecular weight excluding hydrogens is 565 g/mol. The third-order valence-electron chi connectivity index (χ3n) is 9.80. The summed E-state index contributed by atoms with van der Waals surface area (Å²) in [5.41, 5.74) is 13.8. The lowest BCUT2D eigenvalue weighted by Gasteiger charge is -2.28. The summed E-state index contributed by atoms with van der Waals surface area (Å²) in [6.45, 7) is 2.34. The summed E-state index contributed by atoms with van der Waals surface area (Å²) in [6, 6.07) is 64.4. The highest BCUT2D eigenvalue weighted by Gasteiger charge is 2.27. The average molecular weight is 597 g/mol. The second-order valence-electron chi connectivity index (χ2n) is 12.4. The van der Waals surface area contributed by atoms with Crippen molar-refractivity contribution in [2.24, 2.45) is 0 Å². The molecular formula is C47H32. The molecule has 0 spiro atoms. The molecule has 0 aliphatic rings. The fourth-order valence-corrected chi connectivity index (χ4v) is 7.81. The van der Waals surface area contributed by atoms with Gasteiger partial charge < -0.3 is 0 Å². The molecule has 0 aromatic heterocycles. The van der Waals surface area contributed by atoms with E-state index in [9.17, 15) is 0 Å². The van der Waals surface area contributed by atoms with E-state index in [1.165, 1.54) is 93.5 Å². The van der Waals surface area contributed by atoms with Gasteiger partial charge in [0.2, 0.25) is 0 Å². The van der Waals surface area contributed by atoms with Gasteiger partial charge in [0.05, 0.1) is 0 Å².